The Morgan fingerprint density at radius 3 is 2.19 bits per heavy atom. The van der Waals surface area contributed by atoms with Crippen molar-refractivity contribution < 1.29 is 19.1 Å². The van der Waals surface area contributed by atoms with Crippen LogP contribution in [0.2, 0.25) is 0 Å². The lowest BCUT2D eigenvalue weighted by Crippen LogP contribution is -2.42. The van der Waals surface area contributed by atoms with E-state index in [0.29, 0.717) is 6.61 Å². The van der Waals surface area contributed by atoms with Gasteiger partial charge in [-0.05, 0) is 37.1 Å². The molecule has 0 spiro atoms. The lowest BCUT2D eigenvalue weighted by molar-refractivity contribution is -0.151. The third-order valence-electron chi connectivity index (χ3n) is 4.47. The van der Waals surface area contributed by atoms with Gasteiger partial charge in [-0.25, -0.2) is 4.79 Å². The van der Waals surface area contributed by atoms with Gasteiger partial charge in [0.15, 0.2) is 0 Å². The second-order valence-electron chi connectivity index (χ2n) is 6.21. The fourth-order valence-corrected chi connectivity index (χ4v) is 2.56. The van der Waals surface area contributed by atoms with E-state index in [9.17, 15) is 9.59 Å². The van der Waals surface area contributed by atoms with E-state index in [0.717, 1.165) is 16.9 Å². The summed E-state index contributed by atoms with van der Waals surface area (Å²) in [5.41, 5.74) is 1.96. The largest absolute Gasteiger partial charge is 0.489 e. The highest BCUT2D eigenvalue weighted by atomic mass is 16.5. The predicted octanol–water partition coefficient (Wildman–Crippen LogP) is 3.39. The number of hydrogen-bond acceptors (Lipinski definition) is 4. The first-order chi connectivity index (χ1) is 12.4. The number of likely N-dealkylation sites (N-methyl/N-ethyl adjacent to an activating group) is 1. The zero-order valence-electron chi connectivity index (χ0n) is 15.6. The van der Waals surface area contributed by atoms with Crippen LogP contribution in [0.25, 0.3) is 0 Å². The van der Waals surface area contributed by atoms with E-state index in [1.807, 2.05) is 61.5 Å². The molecule has 0 aromatic heterocycles. The minimum atomic E-state index is -0.622. The number of nitrogens with zero attached hydrogens (tertiary/aromatic N) is 1. The van der Waals surface area contributed by atoms with E-state index in [2.05, 4.69) is 0 Å². The molecule has 0 unspecified atom stereocenters. The van der Waals surface area contributed by atoms with Gasteiger partial charge in [-0.3, -0.25) is 4.79 Å². The van der Waals surface area contributed by atoms with Crippen molar-refractivity contribution in [2.45, 2.75) is 32.4 Å². The van der Waals surface area contributed by atoms with Crippen LogP contribution in [0.4, 0.5) is 0 Å². The monoisotopic (exact) mass is 355 g/mol. The van der Waals surface area contributed by atoms with E-state index >= 15 is 0 Å². The summed E-state index contributed by atoms with van der Waals surface area (Å²) in [5, 5.41) is 0. The van der Waals surface area contributed by atoms with E-state index in [1.165, 1.54) is 12.0 Å². The number of rotatable bonds is 7. The zero-order chi connectivity index (χ0) is 19.1. The van der Waals surface area contributed by atoms with Crippen molar-refractivity contribution in [3.8, 4) is 5.75 Å². The number of benzene rings is 2. The average Bonchev–Trinajstić information content (AvgIpc) is 2.70. The van der Waals surface area contributed by atoms with Gasteiger partial charge in [0.1, 0.15) is 18.4 Å². The highest BCUT2D eigenvalue weighted by Crippen LogP contribution is 2.22. The molecule has 5 nitrogen and oxygen atoms in total. The van der Waals surface area contributed by atoms with Crippen LogP contribution in [0, 0.1) is 0 Å². The van der Waals surface area contributed by atoms with Crippen LogP contribution in [0.5, 0.6) is 5.75 Å². The van der Waals surface area contributed by atoms with Crippen molar-refractivity contribution in [3.63, 3.8) is 0 Å². The molecule has 0 aliphatic carbocycles. The van der Waals surface area contributed by atoms with Gasteiger partial charge >= 0.3 is 5.97 Å². The molecule has 0 bridgehead atoms. The third-order valence-corrected chi connectivity index (χ3v) is 4.47. The first-order valence-electron chi connectivity index (χ1n) is 8.55. The summed E-state index contributed by atoms with van der Waals surface area (Å²) >= 11 is 0. The summed E-state index contributed by atoms with van der Waals surface area (Å²) in [6.07, 6.45) is 0. The first kappa shape index (κ1) is 19.5. The van der Waals surface area contributed by atoms with Gasteiger partial charge in [0.05, 0.1) is 13.0 Å². The summed E-state index contributed by atoms with van der Waals surface area (Å²) < 4.78 is 10.5. The number of carbonyl (C=O) groups is 2. The second-order valence-corrected chi connectivity index (χ2v) is 6.21. The Balaban J connectivity index is 1.98. The molecule has 0 N–H and O–H groups in total. The summed E-state index contributed by atoms with van der Waals surface area (Å²) in [5.74, 6) is -0.192. The van der Waals surface area contributed by atoms with Crippen LogP contribution in [0.15, 0.2) is 54.6 Å². The van der Waals surface area contributed by atoms with Crippen LogP contribution in [0.3, 0.4) is 0 Å². The molecule has 0 fully saturated rings. The molecule has 0 heterocycles. The lowest BCUT2D eigenvalue weighted by atomic mass is 9.99. The predicted molar refractivity (Wildman–Crippen MR) is 99.9 cm³/mol. The molecule has 2 aromatic carbocycles. The van der Waals surface area contributed by atoms with Crippen molar-refractivity contribution in [1.82, 2.24) is 4.90 Å². The molecule has 2 aromatic rings. The number of methoxy groups -OCH3 is 1. The van der Waals surface area contributed by atoms with Gasteiger partial charge in [-0.15, -0.1) is 0 Å². The number of esters is 1. The molecule has 0 aliphatic rings. The Hall–Kier alpha value is -2.82. The van der Waals surface area contributed by atoms with Crippen molar-refractivity contribution in [1.29, 1.82) is 0 Å². The smallest absolute Gasteiger partial charge is 0.328 e. The molecule has 5 heteroatoms. The molecule has 0 saturated carbocycles. The summed E-state index contributed by atoms with van der Waals surface area (Å²) in [6, 6.07) is 16.8. The molecular formula is C21H25NO4. The molecular weight excluding hydrogens is 330 g/mol. The maximum atomic E-state index is 12.6. The quantitative estimate of drug-likeness (QED) is 0.715. The maximum Gasteiger partial charge on any atom is 0.328 e. The molecule has 1 amide bonds. The Labute approximate surface area is 154 Å². The van der Waals surface area contributed by atoms with E-state index in [4.69, 9.17) is 9.47 Å². The molecule has 2 atom stereocenters. The number of carbonyl (C=O) groups excluding carboxylic acids is 2. The SMILES string of the molecule is COC(=O)[C@H](C)N(C)C(=O)[C@H](C)c1ccc(OCc2ccccc2)cc1. The molecule has 2 rings (SSSR count). The summed E-state index contributed by atoms with van der Waals surface area (Å²) in [4.78, 5) is 25.6. The Bertz CT molecular complexity index is 727. The van der Waals surface area contributed by atoms with Gasteiger partial charge in [-0.1, -0.05) is 42.5 Å². The molecule has 26 heavy (non-hydrogen) atoms. The van der Waals surface area contributed by atoms with Crippen LogP contribution >= 0.6 is 0 Å². The van der Waals surface area contributed by atoms with Crippen LogP contribution < -0.4 is 4.74 Å². The maximum absolute atomic E-state index is 12.6. The van der Waals surface area contributed by atoms with Crippen molar-refractivity contribution in [2.75, 3.05) is 14.2 Å². The average molecular weight is 355 g/mol. The summed E-state index contributed by atoms with van der Waals surface area (Å²) in [7, 11) is 2.92. The highest BCUT2D eigenvalue weighted by molar-refractivity contribution is 5.88. The van der Waals surface area contributed by atoms with Crippen LogP contribution in [0.1, 0.15) is 30.9 Å². The van der Waals surface area contributed by atoms with Crippen molar-refractivity contribution in [3.05, 3.63) is 65.7 Å². The van der Waals surface area contributed by atoms with E-state index in [-0.39, 0.29) is 11.8 Å². The minimum absolute atomic E-state index is 0.138. The number of hydrogen-bond donors (Lipinski definition) is 0. The molecule has 0 saturated heterocycles. The van der Waals surface area contributed by atoms with E-state index in [1.54, 1.807) is 14.0 Å². The van der Waals surface area contributed by atoms with E-state index < -0.39 is 12.0 Å². The van der Waals surface area contributed by atoms with Crippen molar-refractivity contribution in [2.24, 2.45) is 0 Å². The Morgan fingerprint density at radius 1 is 1.00 bits per heavy atom. The third kappa shape index (κ3) is 4.85. The van der Waals surface area contributed by atoms with Crippen molar-refractivity contribution >= 4 is 11.9 Å². The Kier molecular flexibility index (Phi) is 6.78. The first-order valence-corrected chi connectivity index (χ1v) is 8.55. The minimum Gasteiger partial charge on any atom is -0.489 e. The number of ether oxygens (including phenoxy) is 2. The fourth-order valence-electron chi connectivity index (χ4n) is 2.56. The fraction of sp³-hybridized carbons (Fsp3) is 0.333. The number of amides is 1. The lowest BCUT2D eigenvalue weighted by Gasteiger charge is -2.26. The standard InChI is InChI=1S/C21H25NO4/c1-15(20(23)22(3)16(2)21(24)25-4)18-10-12-19(13-11-18)26-14-17-8-6-5-7-9-17/h5-13,15-16H,14H2,1-4H3/t15-,16+/m1/s1. The molecule has 0 radical (unpaired) electrons. The van der Waals surface area contributed by atoms with Crippen LogP contribution in [-0.4, -0.2) is 37.0 Å². The topological polar surface area (TPSA) is 55.8 Å². The van der Waals surface area contributed by atoms with Crippen LogP contribution in [-0.2, 0) is 20.9 Å². The highest BCUT2D eigenvalue weighted by Gasteiger charge is 2.27. The molecule has 138 valence electrons. The van der Waals surface area contributed by atoms with Gasteiger partial charge in [0.25, 0.3) is 0 Å². The molecule has 0 aliphatic heterocycles. The van der Waals surface area contributed by atoms with Gasteiger partial charge in [0, 0.05) is 7.05 Å². The normalized spacial score (nSPS) is 12.8. The summed E-state index contributed by atoms with van der Waals surface area (Å²) in [6.45, 7) is 3.97. The van der Waals surface area contributed by atoms with Gasteiger partial charge in [0.2, 0.25) is 5.91 Å². The zero-order valence-corrected chi connectivity index (χ0v) is 15.6. The second kappa shape index (κ2) is 9.04. The van der Waals surface area contributed by atoms with Gasteiger partial charge < -0.3 is 14.4 Å². The van der Waals surface area contributed by atoms with Gasteiger partial charge in [-0.2, -0.15) is 0 Å². The Morgan fingerprint density at radius 2 is 1.62 bits per heavy atom.